The molecule has 4 aliphatic heterocycles. The lowest BCUT2D eigenvalue weighted by atomic mass is 9.99. The van der Waals surface area contributed by atoms with E-state index in [1.807, 2.05) is 4.90 Å². The third-order valence-corrected chi connectivity index (χ3v) is 9.93. The second-order valence-electron chi connectivity index (χ2n) is 13.6. The number of likely N-dealkylation sites (tertiary alicyclic amines) is 2. The Hall–Kier alpha value is -4.41. The first-order chi connectivity index (χ1) is 24.0. The normalized spacial score (nSPS) is 21.1. The van der Waals surface area contributed by atoms with Gasteiger partial charge in [0.1, 0.15) is 12.0 Å². The molecule has 1 atom stereocenters. The molecule has 1 aromatic heterocycles. The summed E-state index contributed by atoms with van der Waals surface area (Å²) in [6.07, 6.45) is 3.62. The summed E-state index contributed by atoms with van der Waals surface area (Å²) in [6, 6.07) is 15.1. The predicted octanol–water partition coefficient (Wildman–Crippen LogP) is 4.61. The lowest BCUT2D eigenvalue weighted by molar-refractivity contribution is -0.128. The van der Waals surface area contributed by atoms with E-state index in [0.717, 1.165) is 30.0 Å². The van der Waals surface area contributed by atoms with Crippen LogP contribution in [-0.4, -0.2) is 122 Å². The molecule has 3 aromatic rings. The Bertz CT molecular complexity index is 1750. The van der Waals surface area contributed by atoms with E-state index >= 15 is 0 Å². The number of rotatable bonds is 7. The lowest BCUT2D eigenvalue weighted by Gasteiger charge is -2.42. The number of methoxy groups -OCH3 is 1. The number of piperazine rings is 1. The van der Waals surface area contributed by atoms with Gasteiger partial charge in [-0.25, -0.2) is 13.2 Å². The molecule has 7 rings (SSSR count). The average molecular weight is 691 g/mol. The van der Waals surface area contributed by atoms with Gasteiger partial charge in [-0.15, -0.1) is 0 Å². The van der Waals surface area contributed by atoms with Crippen molar-refractivity contribution in [2.24, 2.45) is 0 Å². The van der Waals surface area contributed by atoms with Gasteiger partial charge < -0.3 is 24.3 Å². The van der Waals surface area contributed by atoms with Gasteiger partial charge in [-0.05, 0) is 37.4 Å². The number of carbonyl (C=O) groups is 1. The molecule has 0 radical (unpaired) electrons. The van der Waals surface area contributed by atoms with Crippen molar-refractivity contribution in [2.45, 2.75) is 50.9 Å². The van der Waals surface area contributed by atoms with Gasteiger partial charge in [0.25, 0.3) is 5.92 Å². The molecule has 0 N–H and O–H groups in total. The van der Waals surface area contributed by atoms with Gasteiger partial charge in [0.15, 0.2) is 0 Å². The highest BCUT2D eigenvalue weighted by Crippen LogP contribution is 2.36. The van der Waals surface area contributed by atoms with Gasteiger partial charge >= 0.3 is 6.01 Å². The minimum Gasteiger partial charge on any atom is -0.467 e. The van der Waals surface area contributed by atoms with Crippen molar-refractivity contribution in [3.8, 4) is 12.1 Å². The quantitative estimate of drug-likeness (QED) is 0.330. The number of amides is 1. The van der Waals surface area contributed by atoms with Gasteiger partial charge in [0.2, 0.25) is 5.91 Å². The van der Waals surface area contributed by atoms with Gasteiger partial charge in [-0.2, -0.15) is 15.2 Å². The summed E-state index contributed by atoms with van der Waals surface area (Å²) in [5.41, 5.74) is 4.48. The number of fused-ring (bicyclic) bond motifs is 2. The number of carbonyl (C=O) groups excluding carboxylic acids is 1. The number of ether oxygens (including phenoxy) is 1. The van der Waals surface area contributed by atoms with Crippen LogP contribution in [0.4, 0.5) is 24.7 Å². The number of nitrogens with zero attached hydrogens (tertiary/aromatic N) is 8. The summed E-state index contributed by atoms with van der Waals surface area (Å²) in [6.45, 7) is 7.05. The van der Waals surface area contributed by atoms with Crippen LogP contribution in [-0.2, 0) is 17.8 Å². The standard InChI is InChI=1S/C32H36FN7O2.C5H9F2N/c1-22-6-3-7-23-8-4-9-28(30(22)23)38-15-12-26-27(21-38)35-32(42-2)36-31(26)39-16-17-40(25(20-39)11-13-34)29(41)10-5-14-37-18-24(33)19-37;1-8-3-2-5(6,7)4-8/h3-10,24-25H,11-12,14-21H2,1-2H3;2-4H2,1H3/b10-5+;/t25-;/m0./s1. The van der Waals surface area contributed by atoms with Crippen LogP contribution < -0.4 is 14.5 Å². The number of anilines is 2. The largest absolute Gasteiger partial charge is 0.467 e. The summed E-state index contributed by atoms with van der Waals surface area (Å²) in [4.78, 5) is 32.5. The molecule has 0 bridgehead atoms. The van der Waals surface area contributed by atoms with Crippen LogP contribution in [0, 0.1) is 18.3 Å². The zero-order valence-corrected chi connectivity index (χ0v) is 29.0. The lowest BCUT2D eigenvalue weighted by Crippen LogP contribution is -2.55. The van der Waals surface area contributed by atoms with Crippen molar-refractivity contribution in [1.82, 2.24) is 24.7 Å². The first-order valence-corrected chi connectivity index (χ1v) is 17.2. The second-order valence-corrected chi connectivity index (χ2v) is 13.6. The molecule has 50 heavy (non-hydrogen) atoms. The monoisotopic (exact) mass is 690 g/mol. The van der Waals surface area contributed by atoms with Gasteiger partial charge in [0, 0.05) is 81.5 Å². The molecule has 0 aliphatic carbocycles. The van der Waals surface area contributed by atoms with Crippen LogP contribution in [0.25, 0.3) is 10.8 Å². The fraction of sp³-hybridized carbons (Fsp3) is 0.514. The molecule has 3 fully saturated rings. The van der Waals surface area contributed by atoms with Crippen LogP contribution in [0.5, 0.6) is 6.01 Å². The summed E-state index contributed by atoms with van der Waals surface area (Å²) >= 11 is 0. The topological polar surface area (TPSA) is 92.1 Å². The number of nitriles is 1. The Morgan fingerprint density at radius 2 is 1.86 bits per heavy atom. The first-order valence-electron chi connectivity index (χ1n) is 17.2. The fourth-order valence-electron chi connectivity index (χ4n) is 7.30. The highest BCUT2D eigenvalue weighted by Gasteiger charge is 2.36. The van der Waals surface area contributed by atoms with E-state index in [1.54, 1.807) is 36.1 Å². The number of aromatic nitrogens is 2. The Kier molecular flexibility index (Phi) is 10.8. The van der Waals surface area contributed by atoms with Crippen molar-refractivity contribution < 1.29 is 22.7 Å². The third-order valence-electron chi connectivity index (χ3n) is 9.93. The Balaban J connectivity index is 0.000000477. The van der Waals surface area contributed by atoms with E-state index < -0.39 is 12.1 Å². The molecule has 5 heterocycles. The van der Waals surface area contributed by atoms with E-state index in [4.69, 9.17) is 14.7 Å². The fourth-order valence-corrected chi connectivity index (χ4v) is 7.30. The summed E-state index contributed by atoms with van der Waals surface area (Å²) in [7, 11) is 3.29. The molecule has 3 saturated heterocycles. The van der Waals surface area contributed by atoms with E-state index in [9.17, 15) is 23.2 Å². The molecular weight excluding hydrogens is 645 g/mol. The zero-order chi connectivity index (χ0) is 35.4. The van der Waals surface area contributed by atoms with E-state index in [-0.39, 0.29) is 31.3 Å². The molecule has 2 aromatic carbocycles. The minimum absolute atomic E-state index is 0.0312. The smallest absolute Gasteiger partial charge is 0.318 e. The predicted molar refractivity (Wildman–Crippen MR) is 188 cm³/mol. The van der Waals surface area contributed by atoms with Crippen molar-refractivity contribution in [3.63, 3.8) is 0 Å². The first kappa shape index (κ1) is 35.4. The van der Waals surface area contributed by atoms with Crippen molar-refractivity contribution in [2.75, 3.05) is 82.9 Å². The van der Waals surface area contributed by atoms with Crippen molar-refractivity contribution in [1.29, 1.82) is 5.26 Å². The Labute approximate surface area is 291 Å². The number of hydrogen-bond donors (Lipinski definition) is 0. The second kappa shape index (κ2) is 15.2. The van der Waals surface area contributed by atoms with Crippen LogP contribution in [0.3, 0.4) is 0 Å². The SMILES string of the molecule is CN1CCC(F)(F)C1.COc1nc2c(c(N3CCN(C(=O)/C=C/CN4CC(F)C4)[C@@H](CC#N)C3)n1)CCN(c1cccc3cccc(C)c13)C2. The molecule has 0 saturated carbocycles. The molecule has 1 amide bonds. The van der Waals surface area contributed by atoms with Crippen molar-refractivity contribution >= 4 is 28.2 Å². The van der Waals surface area contributed by atoms with E-state index in [2.05, 4.69) is 59.2 Å². The number of hydrogen-bond acceptors (Lipinski definition) is 9. The molecular formula is C37H45F3N8O2. The van der Waals surface area contributed by atoms with Gasteiger partial charge in [0.05, 0.1) is 44.4 Å². The highest BCUT2D eigenvalue weighted by molar-refractivity contribution is 5.97. The number of benzene rings is 2. The van der Waals surface area contributed by atoms with Crippen LogP contribution >= 0.6 is 0 Å². The highest BCUT2D eigenvalue weighted by atomic mass is 19.3. The third kappa shape index (κ3) is 7.97. The molecule has 0 unspecified atom stereocenters. The summed E-state index contributed by atoms with van der Waals surface area (Å²) in [5, 5.41) is 12.1. The molecule has 10 nitrogen and oxygen atoms in total. The van der Waals surface area contributed by atoms with E-state index in [0.29, 0.717) is 58.4 Å². The number of halogens is 3. The number of aryl methyl sites for hydroxylation is 1. The van der Waals surface area contributed by atoms with Crippen molar-refractivity contribution in [3.05, 3.63) is 65.4 Å². The molecule has 4 aliphatic rings. The Morgan fingerprint density at radius 1 is 1.08 bits per heavy atom. The van der Waals surface area contributed by atoms with Crippen LogP contribution in [0.15, 0.2) is 48.6 Å². The Morgan fingerprint density at radius 3 is 2.52 bits per heavy atom. The van der Waals surface area contributed by atoms with E-state index in [1.165, 1.54) is 22.0 Å². The summed E-state index contributed by atoms with van der Waals surface area (Å²) < 4.78 is 42.9. The maximum atomic E-state index is 13.1. The maximum absolute atomic E-state index is 13.1. The average Bonchev–Trinajstić information content (AvgIpc) is 3.42. The zero-order valence-electron chi connectivity index (χ0n) is 29.0. The maximum Gasteiger partial charge on any atom is 0.318 e. The molecule has 13 heteroatoms. The van der Waals surface area contributed by atoms with Gasteiger partial charge in [-0.3, -0.25) is 9.69 Å². The molecule has 0 spiro atoms. The summed E-state index contributed by atoms with van der Waals surface area (Å²) in [5.74, 6) is -1.69. The minimum atomic E-state index is -2.41. The van der Waals surface area contributed by atoms with Gasteiger partial charge in [-0.1, -0.05) is 36.4 Å². The number of alkyl halides is 3. The van der Waals surface area contributed by atoms with Crippen LogP contribution in [0.2, 0.25) is 0 Å². The van der Waals surface area contributed by atoms with Crippen LogP contribution in [0.1, 0.15) is 29.7 Å². The molecule has 266 valence electrons.